The smallest absolute Gasteiger partial charge is 0.289 e. The molecule has 152 valence electrons. The Kier molecular flexibility index (Phi) is 5.64. The highest BCUT2D eigenvalue weighted by Gasteiger charge is 2.29. The zero-order valence-corrected chi connectivity index (χ0v) is 17.4. The Labute approximate surface area is 173 Å². The van der Waals surface area contributed by atoms with Gasteiger partial charge in [-0.25, -0.2) is 4.98 Å². The first-order chi connectivity index (χ1) is 14.0. The number of aromatic nitrogens is 1. The van der Waals surface area contributed by atoms with E-state index in [1.807, 2.05) is 42.0 Å². The largest absolute Gasteiger partial charge is 0.459 e. The fraction of sp³-hybridized carbons (Fsp3) is 0.381. The lowest BCUT2D eigenvalue weighted by molar-refractivity contribution is -0.137. The highest BCUT2D eigenvalue weighted by molar-refractivity contribution is 7.18. The molecule has 0 bridgehead atoms. The molecule has 3 aromatic rings. The number of para-hydroxylation sites is 1. The monoisotopic (exact) mass is 412 g/mol. The van der Waals surface area contributed by atoms with Crippen LogP contribution in [0.1, 0.15) is 22.5 Å². The maximum atomic E-state index is 13.0. The quantitative estimate of drug-likeness (QED) is 0.644. The normalized spacial score (nSPS) is 15.8. The fourth-order valence-electron chi connectivity index (χ4n) is 3.48. The number of nitrogens with zero attached hydrogens (tertiary/aromatic N) is 4. The Hall–Kier alpha value is -2.71. The van der Waals surface area contributed by atoms with Gasteiger partial charge in [-0.3, -0.25) is 14.5 Å². The molecule has 1 aliphatic heterocycles. The van der Waals surface area contributed by atoms with Crippen molar-refractivity contribution >= 4 is 33.4 Å². The Bertz CT molecular complexity index is 959. The molecule has 3 heterocycles. The van der Waals surface area contributed by atoms with Crippen LogP contribution >= 0.6 is 11.3 Å². The highest BCUT2D eigenvalue weighted by atomic mass is 32.1. The van der Waals surface area contributed by atoms with Crippen LogP contribution in [0.15, 0.2) is 47.1 Å². The molecule has 0 radical (unpaired) electrons. The van der Waals surface area contributed by atoms with Crippen molar-refractivity contribution in [3.05, 3.63) is 53.4 Å². The number of likely N-dealkylation sites (N-methyl/N-ethyl adjacent to an activating group) is 1. The van der Waals surface area contributed by atoms with Gasteiger partial charge in [0.05, 0.1) is 29.1 Å². The molecule has 2 aromatic heterocycles. The minimum atomic E-state index is -0.255. The molecule has 0 aliphatic carbocycles. The van der Waals surface area contributed by atoms with E-state index in [1.54, 1.807) is 28.4 Å². The van der Waals surface area contributed by atoms with Gasteiger partial charge in [0.25, 0.3) is 5.91 Å². The van der Waals surface area contributed by atoms with Crippen LogP contribution in [0.2, 0.25) is 0 Å². The standard InChI is InChI=1S/C21H24N4O3S/c1-15(23(2)14-19-22-16-6-3-4-8-18(16)29-19)20(26)24-9-11-25(12-10-24)21(27)17-7-5-13-28-17/h3-8,13,15H,9-12,14H2,1-2H3. The van der Waals surface area contributed by atoms with Gasteiger partial charge in [0.2, 0.25) is 5.91 Å². The second-order valence-corrected chi connectivity index (χ2v) is 8.38. The average molecular weight is 413 g/mol. The number of fused-ring (bicyclic) bond motifs is 1. The summed E-state index contributed by atoms with van der Waals surface area (Å²) < 4.78 is 6.35. The van der Waals surface area contributed by atoms with Gasteiger partial charge < -0.3 is 14.2 Å². The fourth-order valence-corrected chi connectivity index (χ4v) is 4.51. The number of rotatable bonds is 5. The van der Waals surface area contributed by atoms with Crippen LogP contribution in [0.4, 0.5) is 0 Å². The number of carbonyl (C=O) groups is 2. The van der Waals surface area contributed by atoms with Crippen molar-refractivity contribution < 1.29 is 14.0 Å². The first-order valence-corrected chi connectivity index (χ1v) is 10.5. The summed E-state index contributed by atoms with van der Waals surface area (Å²) in [6.07, 6.45) is 1.50. The third-order valence-corrected chi connectivity index (χ3v) is 6.37. The molecular weight excluding hydrogens is 388 g/mol. The molecule has 1 aromatic carbocycles. The van der Waals surface area contributed by atoms with E-state index in [0.717, 1.165) is 15.2 Å². The Morgan fingerprint density at radius 1 is 1.14 bits per heavy atom. The lowest BCUT2D eigenvalue weighted by atomic mass is 10.2. The summed E-state index contributed by atoms with van der Waals surface area (Å²) in [6.45, 7) is 4.65. The van der Waals surface area contributed by atoms with Gasteiger partial charge in [-0.15, -0.1) is 11.3 Å². The molecular formula is C21H24N4O3S. The molecule has 29 heavy (non-hydrogen) atoms. The third kappa shape index (κ3) is 4.18. The number of carbonyl (C=O) groups excluding carboxylic acids is 2. The molecule has 1 fully saturated rings. The summed E-state index contributed by atoms with van der Waals surface area (Å²) in [6, 6.07) is 11.2. The predicted octanol–water partition coefficient (Wildman–Crippen LogP) is 2.69. The zero-order valence-electron chi connectivity index (χ0n) is 16.6. The Balaban J connectivity index is 1.32. The first kappa shape index (κ1) is 19.6. The van der Waals surface area contributed by atoms with E-state index in [2.05, 4.69) is 11.1 Å². The maximum absolute atomic E-state index is 13.0. The minimum Gasteiger partial charge on any atom is -0.459 e. The van der Waals surface area contributed by atoms with Crippen molar-refractivity contribution in [3.8, 4) is 0 Å². The van der Waals surface area contributed by atoms with E-state index < -0.39 is 0 Å². The van der Waals surface area contributed by atoms with Crippen molar-refractivity contribution in [1.29, 1.82) is 0 Å². The second-order valence-electron chi connectivity index (χ2n) is 7.26. The molecule has 0 saturated carbocycles. The molecule has 2 amide bonds. The van der Waals surface area contributed by atoms with E-state index in [4.69, 9.17) is 4.42 Å². The molecule has 1 saturated heterocycles. The molecule has 1 atom stereocenters. The number of hydrogen-bond acceptors (Lipinski definition) is 6. The number of hydrogen-bond donors (Lipinski definition) is 0. The van der Waals surface area contributed by atoms with Gasteiger partial charge in [-0.1, -0.05) is 12.1 Å². The van der Waals surface area contributed by atoms with E-state index in [9.17, 15) is 9.59 Å². The van der Waals surface area contributed by atoms with Gasteiger partial charge in [0, 0.05) is 26.2 Å². The molecule has 1 unspecified atom stereocenters. The molecule has 0 N–H and O–H groups in total. The van der Waals surface area contributed by atoms with Gasteiger partial charge in [0.1, 0.15) is 5.01 Å². The van der Waals surface area contributed by atoms with Crippen LogP contribution in [0.3, 0.4) is 0 Å². The zero-order chi connectivity index (χ0) is 20.4. The van der Waals surface area contributed by atoms with Crippen molar-refractivity contribution in [3.63, 3.8) is 0 Å². The van der Waals surface area contributed by atoms with Crippen molar-refractivity contribution in [1.82, 2.24) is 19.7 Å². The van der Waals surface area contributed by atoms with Gasteiger partial charge >= 0.3 is 0 Å². The Morgan fingerprint density at radius 2 is 1.86 bits per heavy atom. The predicted molar refractivity (Wildman–Crippen MR) is 112 cm³/mol. The Morgan fingerprint density at radius 3 is 2.55 bits per heavy atom. The van der Waals surface area contributed by atoms with Crippen LogP contribution in [0, 0.1) is 0 Å². The van der Waals surface area contributed by atoms with Crippen LogP contribution in [-0.2, 0) is 11.3 Å². The average Bonchev–Trinajstić information content (AvgIpc) is 3.41. The van der Waals surface area contributed by atoms with E-state index in [-0.39, 0.29) is 17.9 Å². The molecule has 1 aliphatic rings. The molecule has 0 spiro atoms. The second kappa shape index (κ2) is 8.34. The van der Waals surface area contributed by atoms with E-state index >= 15 is 0 Å². The third-order valence-electron chi connectivity index (χ3n) is 5.35. The lowest BCUT2D eigenvalue weighted by Crippen LogP contribution is -2.54. The van der Waals surface area contributed by atoms with Crippen molar-refractivity contribution in [2.45, 2.75) is 19.5 Å². The van der Waals surface area contributed by atoms with Gasteiger partial charge in [0.15, 0.2) is 5.76 Å². The number of thiazole rings is 1. The summed E-state index contributed by atoms with van der Waals surface area (Å²) >= 11 is 1.66. The molecule has 4 rings (SSSR count). The van der Waals surface area contributed by atoms with Crippen LogP contribution in [0.25, 0.3) is 10.2 Å². The summed E-state index contributed by atoms with van der Waals surface area (Å²) in [5.41, 5.74) is 0.997. The van der Waals surface area contributed by atoms with Gasteiger partial charge in [-0.05, 0) is 38.2 Å². The summed E-state index contributed by atoms with van der Waals surface area (Å²) in [5, 5.41) is 1.00. The SMILES string of the molecule is CC(C(=O)N1CCN(C(=O)c2ccco2)CC1)N(C)Cc1nc2ccccc2s1. The molecule has 8 heteroatoms. The number of amides is 2. The van der Waals surface area contributed by atoms with E-state index in [1.165, 1.54) is 6.26 Å². The van der Waals surface area contributed by atoms with Crippen molar-refractivity contribution in [2.75, 3.05) is 33.2 Å². The van der Waals surface area contributed by atoms with E-state index in [0.29, 0.717) is 38.5 Å². The summed E-state index contributed by atoms with van der Waals surface area (Å²) in [4.78, 5) is 35.6. The number of benzene rings is 1. The topological polar surface area (TPSA) is 69.9 Å². The van der Waals surface area contributed by atoms with Crippen LogP contribution < -0.4 is 0 Å². The van der Waals surface area contributed by atoms with Crippen LogP contribution in [0.5, 0.6) is 0 Å². The lowest BCUT2D eigenvalue weighted by Gasteiger charge is -2.37. The number of furan rings is 1. The van der Waals surface area contributed by atoms with Gasteiger partial charge in [-0.2, -0.15) is 0 Å². The molecule has 7 nitrogen and oxygen atoms in total. The number of piperazine rings is 1. The van der Waals surface area contributed by atoms with Crippen LogP contribution in [-0.4, -0.2) is 70.8 Å². The van der Waals surface area contributed by atoms with Crippen molar-refractivity contribution in [2.24, 2.45) is 0 Å². The minimum absolute atomic E-state index is 0.0821. The highest BCUT2D eigenvalue weighted by Crippen LogP contribution is 2.23. The summed E-state index contributed by atoms with van der Waals surface area (Å²) in [5.74, 6) is 0.301. The maximum Gasteiger partial charge on any atom is 0.289 e. The first-order valence-electron chi connectivity index (χ1n) is 9.69. The summed E-state index contributed by atoms with van der Waals surface area (Å²) in [7, 11) is 1.95.